The van der Waals surface area contributed by atoms with E-state index < -0.39 is 5.60 Å². The molecule has 0 bridgehead atoms. The first kappa shape index (κ1) is 9.87. The van der Waals surface area contributed by atoms with Gasteiger partial charge in [-0.15, -0.1) is 0 Å². The topological polar surface area (TPSA) is 46.6 Å². The Morgan fingerprint density at radius 3 is 2.94 bits per heavy atom. The fraction of sp³-hybridized carbons (Fsp3) is 0.667. The summed E-state index contributed by atoms with van der Waals surface area (Å²) in [7, 11) is 0. The van der Waals surface area contributed by atoms with Gasteiger partial charge in [-0.25, -0.2) is 4.79 Å². The summed E-state index contributed by atoms with van der Waals surface area (Å²) in [5.41, 5.74) is -0.640. The van der Waals surface area contributed by atoms with Gasteiger partial charge in [-0.2, -0.15) is 0 Å². The molecular weight excluding hydrogens is 206 g/mol. The van der Waals surface area contributed by atoms with Crippen molar-refractivity contribution in [1.82, 2.24) is 4.90 Å². The van der Waals surface area contributed by atoms with Gasteiger partial charge in [0, 0.05) is 12.6 Å². The van der Waals surface area contributed by atoms with Gasteiger partial charge in [0.2, 0.25) is 5.91 Å². The van der Waals surface area contributed by atoms with Gasteiger partial charge < -0.3 is 9.64 Å². The normalized spacial score (nSPS) is 37.8. The number of hydrogen-bond acceptors (Lipinski definition) is 3. The molecule has 2 fully saturated rings. The van der Waals surface area contributed by atoms with Crippen LogP contribution in [-0.4, -0.2) is 35.0 Å². The zero-order valence-electron chi connectivity index (χ0n) is 9.15. The van der Waals surface area contributed by atoms with Crippen LogP contribution in [0.1, 0.15) is 32.1 Å². The van der Waals surface area contributed by atoms with E-state index in [-0.39, 0.29) is 17.9 Å². The number of carbonyl (C=O) groups is 2. The van der Waals surface area contributed by atoms with Crippen LogP contribution < -0.4 is 0 Å². The van der Waals surface area contributed by atoms with E-state index in [0.29, 0.717) is 6.42 Å². The number of carbonyl (C=O) groups excluding carboxylic acids is 2. The van der Waals surface area contributed by atoms with Crippen LogP contribution in [0.2, 0.25) is 0 Å². The molecule has 0 saturated carbocycles. The van der Waals surface area contributed by atoms with Gasteiger partial charge in [0.05, 0.1) is 12.5 Å². The zero-order valence-corrected chi connectivity index (χ0v) is 9.15. The van der Waals surface area contributed by atoms with Crippen molar-refractivity contribution in [2.24, 2.45) is 0 Å². The summed E-state index contributed by atoms with van der Waals surface area (Å²) in [6, 6.07) is 0.0743. The van der Waals surface area contributed by atoms with Crippen molar-refractivity contribution in [2.45, 2.75) is 43.7 Å². The maximum atomic E-state index is 11.9. The lowest BCUT2D eigenvalue weighted by molar-refractivity contribution is -0.147. The molecule has 0 aromatic heterocycles. The van der Waals surface area contributed by atoms with Gasteiger partial charge >= 0.3 is 5.97 Å². The van der Waals surface area contributed by atoms with Crippen LogP contribution >= 0.6 is 0 Å². The van der Waals surface area contributed by atoms with Crippen LogP contribution in [0.4, 0.5) is 0 Å². The average Bonchev–Trinajstić information content (AvgIpc) is 2.62. The van der Waals surface area contributed by atoms with E-state index in [4.69, 9.17) is 4.74 Å². The predicted molar refractivity (Wildman–Crippen MR) is 56.5 cm³/mol. The molecule has 2 saturated heterocycles. The molecule has 86 valence electrons. The molecular formula is C12H15NO3. The number of fused-ring (bicyclic) bond motifs is 2. The number of ether oxygens (including phenoxy) is 1. The molecule has 3 heterocycles. The molecule has 3 aliphatic heterocycles. The van der Waals surface area contributed by atoms with Gasteiger partial charge in [0.25, 0.3) is 0 Å². The van der Waals surface area contributed by atoms with Crippen molar-refractivity contribution in [2.75, 3.05) is 6.54 Å². The third-order valence-electron chi connectivity index (χ3n) is 3.86. The maximum Gasteiger partial charge on any atom is 0.331 e. The number of esters is 1. The van der Waals surface area contributed by atoms with Gasteiger partial charge in [0.15, 0.2) is 5.60 Å². The summed E-state index contributed by atoms with van der Waals surface area (Å²) in [5.74, 6) is -0.176. The van der Waals surface area contributed by atoms with Crippen LogP contribution in [0.3, 0.4) is 0 Å². The largest absolute Gasteiger partial charge is 0.449 e. The van der Waals surface area contributed by atoms with Crippen LogP contribution in [0.5, 0.6) is 0 Å². The van der Waals surface area contributed by atoms with E-state index in [9.17, 15) is 9.59 Å². The lowest BCUT2D eigenvalue weighted by Gasteiger charge is -2.31. The molecule has 0 radical (unpaired) electrons. The highest BCUT2D eigenvalue weighted by Gasteiger charge is 2.54. The summed E-state index contributed by atoms with van der Waals surface area (Å²) < 4.78 is 5.39. The first-order valence-electron chi connectivity index (χ1n) is 5.93. The molecule has 3 rings (SSSR count). The summed E-state index contributed by atoms with van der Waals surface area (Å²) >= 11 is 0. The third-order valence-corrected chi connectivity index (χ3v) is 3.86. The molecule has 0 N–H and O–H groups in total. The fourth-order valence-corrected chi connectivity index (χ4v) is 3.11. The Morgan fingerprint density at radius 2 is 2.19 bits per heavy atom. The van der Waals surface area contributed by atoms with E-state index in [1.165, 1.54) is 6.08 Å². The molecule has 0 aliphatic carbocycles. The Bertz CT molecular complexity index is 376. The molecule has 0 aromatic carbocycles. The summed E-state index contributed by atoms with van der Waals surface area (Å²) in [6.07, 6.45) is 7.87. The standard InChI is InChI=1S/C12H15NO3/c14-10-8-12(6-5-11(15)16-12)9-4-2-1-3-7-13(9)10/h5-6,9H,1-4,7-8H2. The van der Waals surface area contributed by atoms with E-state index in [1.807, 2.05) is 4.90 Å². The molecule has 3 aliphatic rings. The van der Waals surface area contributed by atoms with Crippen LogP contribution in [0, 0.1) is 0 Å². The lowest BCUT2D eigenvalue weighted by atomic mass is 9.91. The number of hydrogen-bond donors (Lipinski definition) is 0. The van der Waals surface area contributed by atoms with Crippen molar-refractivity contribution < 1.29 is 14.3 Å². The summed E-state index contributed by atoms with van der Waals surface area (Å²) in [4.78, 5) is 25.1. The smallest absolute Gasteiger partial charge is 0.331 e. The summed E-state index contributed by atoms with van der Waals surface area (Å²) in [6.45, 7) is 0.816. The van der Waals surface area contributed by atoms with Crippen LogP contribution in [0.15, 0.2) is 12.2 Å². The van der Waals surface area contributed by atoms with Crippen molar-refractivity contribution in [3.05, 3.63) is 12.2 Å². The second-order valence-electron chi connectivity index (χ2n) is 4.84. The minimum absolute atomic E-state index is 0.0743. The first-order valence-corrected chi connectivity index (χ1v) is 5.93. The molecule has 1 amide bonds. The minimum atomic E-state index is -0.640. The van der Waals surface area contributed by atoms with Crippen molar-refractivity contribution in [3.63, 3.8) is 0 Å². The Labute approximate surface area is 94.2 Å². The first-order chi connectivity index (χ1) is 7.71. The average molecular weight is 221 g/mol. The predicted octanol–water partition coefficient (Wildman–Crippen LogP) is 1.01. The second-order valence-corrected chi connectivity index (χ2v) is 4.84. The van der Waals surface area contributed by atoms with Gasteiger partial charge in [-0.3, -0.25) is 4.79 Å². The van der Waals surface area contributed by atoms with Crippen LogP contribution in [-0.2, 0) is 14.3 Å². The summed E-state index contributed by atoms with van der Waals surface area (Å²) in [5, 5.41) is 0. The lowest BCUT2D eigenvalue weighted by Crippen LogP contribution is -2.44. The Morgan fingerprint density at radius 1 is 1.31 bits per heavy atom. The Hall–Kier alpha value is -1.32. The third kappa shape index (κ3) is 1.29. The number of amides is 1. The van der Waals surface area contributed by atoms with E-state index in [0.717, 1.165) is 32.2 Å². The maximum absolute atomic E-state index is 11.9. The molecule has 4 nitrogen and oxygen atoms in total. The number of nitrogens with zero attached hydrogens (tertiary/aromatic N) is 1. The number of rotatable bonds is 0. The van der Waals surface area contributed by atoms with Crippen LogP contribution in [0.25, 0.3) is 0 Å². The second kappa shape index (κ2) is 3.34. The van der Waals surface area contributed by atoms with E-state index >= 15 is 0 Å². The Balaban J connectivity index is 1.93. The monoisotopic (exact) mass is 221 g/mol. The van der Waals surface area contributed by atoms with Gasteiger partial charge in [-0.1, -0.05) is 12.8 Å². The van der Waals surface area contributed by atoms with E-state index in [2.05, 4.69) is 0 Å². The highest BCUT2D eigenvalue weighted by molar-refractivity contribution is 5.89. The van der Waals surface area contributed by atoms with E-state index in [1.54, 1.807) is 6.08 Å². The van der Waals surface area contributed by atoms with Crippen molar-refractivity contribution >= 4 is 11.9 Å². The molecule has 2 atom stereocenters. The molecule has 1 spiro atoms. The van der Waals surface area contributed by atoms with Gasteiger partial charge in [-0.05, 0) is 18.9 Å². The SMILES string of the molecule is O=C1C=CC2(CC(=O)N3CCCCCC32)O1. The minimum Gasteiger partial charge on any atom is -0.449 e. The fourth-order valence-electron chi connectivity index (χ4n) is 3.11. The molecule has 16 heavy (non-hydrogen) atoms. The van der Waals surface area contributed by atoms with Gasteiger partial charge in [0.1, 0.15) is 0 Å². The molecule has 2 unspecified atom stereocenters. The Kier molecular flexibility index (Phi) is 2.06. The molecule has 0 aromatic rings. The quantitative estimate of drug-likeness (QED) is 0.574. The van der Waals surface area contributed by atoms with Crippen molar-refractivity contribution in [1.29, 1.82) is 0 Å². The van der Waals surface area contributed by atoms with Crippen molar-refractivity contribution in [3.8, 4) is 0 Å². The molecule has 4 heteroatoms. The highest BCUT2D eigenvalue weighted by atomic mass is 16.6. The zero-order chi connectivity index (χ0) is 11.2. The highest BCUT2D eigenvalue weighted by Crippen LogP contribution is 2.41.